The Balaban J connectivity index is 2.71. The second-order valence-electron chi connectivity index (χ2n) is 3.97. The van der Waals surface area contributed by atoms with Crippen molar-refractivity contribution in [3.63, 3.8) is 0 Å². The SMILES string of the molecule is C#CCCc1noc(C(C)(C)C)n1. The van der Waals surface area contributed by atoms with Crippen molar-refractivity contribution in [3.05, 3.63) is 11.7 Å². The summed E-state index contributed by atoms with van der Waals surface area (Å²) in [6, 6.07) is 0. The number of terminal acetylenes is 1. The summed E-state index contributed by atoms with van der Waals surface area (Å²) in [4.78, 5) is 4.25. The first-order valence-electron chi connectivity index (χ1n) is 4.30. The molecule has 0 bridgehead atoms. The summed E-state index contributed by atoms with van der Waals surface area (Å²) in [5.74, 6) is 3.91. The van der Waals surface area contributed by atoms with E-state index in [9.17, 15) is 0 Å². The lowest BCUT2D eigenvalue weighted by atomic mass is 9.97. The van der Waals surface area contributed by atoms with Crippen molar-refractivity contribution >= 4 is 0 Å². The molecule has 70 valence electrons. The van der Waals surface area contributed by atoms with Crippen molar-refractivity contribution in [2.75, 3.05) is 0 Å². The van der Waals surface area contributed by atoms with Gasteiger partial charge in [0.25, 0.3) is 0 Å². The van der Waals surface area contributed by atoms with E-state index < -0.39 is 0 Å². The molecule has 1 aromatic heterocycles. The summed E-state index contributed by atoms with van der Waals surface area (Å²) in [7, 11) is 0. The van der Waals surface area contributed by atoms with Crippen LogP contribution in [0.3, 0.4) is 0 Å². The zero-order chi connectivity index (χ0) is 9.90. The van der Waals surface area contributed by atoms with Crippen LogP contribution in [0, 0.1) is 12.3 Å². The normalized spacial score (nSPS) is 11.2. The Morgan fingerprint density at radius 1 is 1.46 bits per heavy atom. The third-order valence-corrected chi connectivity index (χ3v) is 1.60. The van der Waals surface area contributed by atoms with Gasteiger partial charge in [0.15, 0.2) is 5.82 Å². The molecule has 13 heavy (non-hydrogen) atoms. The molecule has 0 unspecified atom stereocenters. The van der Waals surface area contributed by atoms with Crippen molar-refractivity contribution in [1.29, 1.82) is 0 Å². The Labute approximate surface area is 78.5 Å². The molecule has 0 amide bonds. The molecule has 3 nitrogen and oxygen atoms in total. The maximum Gasteiger partial charge on any atom is 0.232 e. The summed E-state index contributed by atoms with van der Waals surface area (Å²) in [6.07, 6.45) is 6.48. The molecule has 0 aliphatic carbocycles. The predicted molar refractivity (Wildman–Crippen MR) is 50.2 cm³/mol. The van der Waals surface area contributed by atoms with Gasteiger partial charge in [0.1, 0.15) is 0 Å². The highest BCUT2D eigenvalue weighted by atomic mass is 16.5. The summed E-state index contributed by atoms with van der Waals surface area (Å²) >= 11 is 0. The van der Waals surface area contributed by atoms with Gasteiger partial charge in [0.2, 0.25) is 5.89 Å². The van der Waals surface area contributed by atoms with Crippen LogP contribution in [0.5, 0.6) is 0 Å². The van der Waals surface area contributed by atoms with Crippen LogP contribution in [-0.2, 0) is 11.8 Å². The third-order valence-electron chi connectivity index (χ3n) is 1.60. The molecule has 0 aliphatic rings. The summed E-state index contributed by atoms with van der Waals surface area (Å²) < 4.78 is 5.10. The molecule has 0 saturated carbocycles. The van der Waals surface area contributed by atoms with Crippen LogP contribution in [0.15, 0.2) is 4.52 Å². The second-order valence-corrected chi connectivity index (χ2v) is 3.97. The molecule has 3 heteroatoms. The molecule has 1 rings (SSSR count). The molecule has 0 N–H and O–H groups in total. The highest BCUT2D eigenvalue weighted by molar-refractivity contribution is 4.99. The lowest BCUT2D eigenvalue weighted by Crippen LogP contribution is -2.11. The van der Waals surface area contributed by atoms with Crippen LogP contribution in [0.25, 0.3) is 0 Å². The van der Waals surface area contributed by atoms with Crippen LogP contribution < -0.4 is 0 Å². The minimum Gasteiger partial charge on any atom is -0.339 e. The zero-order valence-electron chi connectivity index (χ0n) is 8.29. The van der Waals surface area contributed by atoms with E-state index in [4.69, 9.17) is 10.9 Å². The fourth-order valence-corrected chi connectivity index (χ4v) is 0.844. The molecule has 0 spiro atoms. The number of hydrogen-bond acceptors (Lipinski definition) is 3. The number of aryl methyl sites for hydroxylation is 1. The van der Waals surface area contributed by atoms with Crippen molar-refractivity contribution in [3.8, 4) is 12.3 Å². The van der Waals surface area contributed by atoms with Gasteiger partial charge < -0.3 is 4.52 Å². The molecule has 0 aromatic carbocycles. The Hall–Kier alpha value is -1.30. The number of rotatable bonds is 2. The van der Waals surface area contributed by atoms with Gasteiger partial charge >= 0.3 is 0 Å². The Kier molecular flexibility index (Phi) is 2.72. The van der Waals surface area contributed by atoms with E-state index in [1.54, 1.807) is 0 Å². The van der Waals surface area contributed by atoms with E-state index in [1.807, 2.05) is 20.8 Å². The first kappa shape index (κ1) is 9.79. The molecule has 1 heterocycles. The van der Waals surface area contributed by atoms with E-state index >= 15 is 0 Å². The van der Waals surface area contributed by atoms with Crippen LogP contribution in [0.4, 0.5) is 0 Å². The van der Waals surface area contributed by atoms with E-state index in [0.717, 1.165) is 0 Å². The van der Waals surface area contributed by atoms with E-state index in [1.165, 1.54) is 0 Å². The molecular formula is C10H14N2O. The molecule has 1 aromatic rings. The Morgan fingerprint density at radius 3 is 2.62 bits per heavy atom. The fourth-order valence-electron chi connectivity index (χ4n) is 0.844. The summed E-state index contributed by atoms with van der Waals surface area (Å²) in [5.41, 5.74) is -0.0820. The van der Waals surface area contributed by atoms with Gasteiger partial charge in [-0.3, -0.25) is 0 Å². The predicted octanol–water partition coefficient (Wildman–Crippen LogP) is 1.93. The van der Waals surface area contributed by atoms with Gasteiger partial charge in [0.05, 0.1) is 0 Å². The zero-order valence-corrected chi connectivity index (χ0v) is 8.29. The maximum absolute atomic E-state index is 5.13. The topological polar surface area (TPSA) is 38.9 Å². The van der Waals surface area contributed by atoms with Crippen molar-refractivity contribution in [2.24, 2.45) is 0 Å². The largest absolute Gasteiger partial charge is 0.339 e. The van der Waals surface area contributed by atoms with Gasteiger partial charge in [-0.2, -0.15) is 4.98 Å². The number of hydrogen-bond donors (Lipinski definition) is 0. The van der Waals surface area contributed by atoms with Gasteiger partial charge in [-0.15, -0.1) is 12.3 Å². The lowest BCUT2D eigenvalue weighted by molar-refractivity contribution is 0.318. The standard InChI is InChI=1S/C10H14N2O/c1-5-6-7-8-11-9(13-12-8)10(2,3)4/h1H,6-7H2,2-4H3. The van der Waals surface area contributed by atoms with Gasteiger partial charge in [0, 0.05) is 18.3 Å². The van der Waals surface area contributed by atoms with Crippen LogP contribution in [-0.4, -0.2) is 10.1 Å². The maximum atomic E-state index is 5.13. The lowest BCUT2D eigenvalue weighted by Gasteiger charge is -2.10. The first-order valence-corrected chi connectivity index (χ1v) is 4.30. The highest BCUT2D eigenvalue weighted by Crippen LogP contribution is 2.19. The third kappa shape index (κ3) is 2.59. The molecular weight excluding hydrogens is 164 g/mol. The first-order chi connectivity index (χ1) is 6.04. The highest BCUT2D eigenvalue weighted by Gasteiger charge is 2.21. The molecule has 0 radical (unpaired) electrons. The minimum atomic E-state index is -0.0820. The fraction of sp³-hybridized carbons (Fsp3) is 0.600. The van der Waals surface area contributed by atoms with Crippen LogP contribution in [0.2, 0.25) is 0 Å². The molecule has 0 saturated heterocycles. The molecule has 0 atom stereocenters. The number of nitrogens with zero attached hydrogens (tertiary/aromatic N) is 2. The average Bonchev–Trinajstić information content (AvgIpc) is 2.47. The van der Waals surface area contributed by atoms with E-state index in [-0.39, 0.29) is 5.41 Å². The van der Waals surface area contributed by atoms with Gasteiger partial charge in [-0.25, -0.2) is 0 Å². The van der Waals surface area contributed by atoms with Gasteiger partial charge in [-0.1, -0.05) is 25.9 Å². The van der Waals surface area contributed by atoms with Gasteiger partial charge in [-0.05, 0) is 0 Å². The molecule has 0 fully saturated rings. The van der Waals surface area contributed by atoms with E-state index in [2.05, 4.69) is 16.1 Å². The average molecular weight is 178 g/mol. The second kappa shape index (κ2) is 3.61. The van der Waals surface area contributed by atoms with Crippen molar-refractivity contribution in [2.45, 2.75) is 39.0 Å². The monoisotopic (exact) mass is 178 g/mol. The van der Waals surface area contributed by atoms with Crippen molar-refractivity contribution < 1.29 is 4.52 Å². The number of aromatic nitrogens is 2. The Bertz CT molecular complexity index is 314. The van der Waals surface area contributed by atoms with E-state index in [0.29, 0.717) is 24.6 Å². The minimum absolute atomic E-state index is 0.0820. The van der Waals surface area contributed by atoms with Crippen LogP contribution in [0.1, 0.15) is 38.9 Å². The molecule has 0 aliphatic heterocycles. The smallest absolute Gasteiger partial charge is 0.232 e. The van der Waals surface area contributed by atoms with Crippen molar-refractivity contribution in [1.82, 2.24) is 10.1 Å². The quantitative estimate of drug-likeness (QED) is 0.649. The summed E-state index contributed by atoms with van der Waals surface area (Å²) in [5, 5.41) is 3.84. The summed E-state index contributed by atoms with van der Waals surface area (Å²) in [6.45, 7) is 6.10. The Morgan fingerprint density at radius 2 is 2.15 bits per heavy atom. The van der Waals surface area contributed by atoms with Crippen LogP contribution >= 0.6 is 0 Å².